The number of likely N-dealkylation sites (tertiary alicyclic amines) is 1. The number of aromatic amines is 1. The molecule has 2 N–H and O–H groups in total. The zero-order valence-corrected chi connectivity index (χ0v) is 13.9. The monoisotopic (exact) mass is 322 g/mol. The number of aromatic nitrogens is 3. The van der Waals surface area contributed by atoms with Crippen LogP contribution >= 0.6 is 0 Å². The molecule has 0 spiro atoms. The number of rotatable bonds is 3. The Kier molecular flexibility index (Phi) is 4.42. The summed E-state index contributed by atoms with van der Waals surface area (Å²) in [6.45, 7) is 6.47. The van der Waals surface area contributed by atoms with Crippen LogP contribution in [-0.2, 0) is 15.1 Å². The molecule has 1 aromatic heterocycles. The van der Waals surface area contributed by atoms with E-state index in [1.165, 1.54) is 6.20 Å². The number of nitrogens with zero attached hydrogens (tertiary/aromatic N) is 3. The average molecular weight is 322 g/mol. The van der Waals surface area contributed by atoms with Crippen molar-refractivity contribution in [2.24, 2.45) is 11.3 Å². The van der Waals surface area contributed by atoms with Crippen LogP contribution in [0.4, 0.5) is 0 Å². The minimum atomic E-state index is -1.10. The molecule has 2 aliphatic heterocycles. The highest BCUT2D eigenvalue weighted by atomic mass is 16.5. The first-order chi connectivity index (χ1) is 10.9. The molecule has 1 unspecified atom stereocenters. The molecule has 2 fully saturated rings. The Labute approximate surface area is 136 Å². The fourth-order valence-corrected chi connectivity index (χ4v) is 3.85. The normalized spacial score (nSPS) is 27.2. The van der Waals surface area contributed by atoms with Gasteiger partial charge in [-0.1, -0.05) is 13.8 Å². The average Bonchev–Trinajstić information content (AvgIpc) is 3.10. The third-order valence-corrected chi connectivity index (χ3v) is 5.44. The fraction of sp³-hybridized carbons (Fsp3) is 0.812. The van der Waals surface area contributed by atoms with Gasteiger partial charge in [0.05, 0.1) is 12.7 Å². The van der Waals surface area contributed by atoms with Crippen LogP contribution < -0.4 is 0 Å². The van der Waals surface area contributed by atoms with Crippen molar-refractivity contribution in [3.8, 4) is 0 Å². The Bertz CT molecular complexity index is 540. The van der Waals surface area contributed by atoms with Crippen LogP contribution in [0, 0.1) is 11.3 Å². The predicted molar refractivity (Wildman–Crippen MR) is 83.4 cm³/mol. The number of hydrogen-bond acceptors (Lipinski definition) is 5. The first-order valence-electron chi connectivity index (χ1n) is 8.39. The number of β-amino-alcohol motifs (C(OH)–C–C–N with tert-alkyl or cyclic N) is 1. The van der Waals surface area contributed by atoms with Crippen LogP contribution in [0.1, 0.15) is 45.2 Å². The van der Waals surface area contributed by atoms with Gasteiger partial charge in [0.15, 0.2) is 0 Å². The molecule has 2 saturated heterocycles. The Morgan fingerprint density at radius 3 is 2.87 bits per heavy atom. The molecule has 0 radical (unpaired) electrons. The van der Waals surface area contributed by atoms with E-state index in [4.69, 9.17) is 4.74 Å². The molecular weight excluding hydrogens is 296 g/mol. The Morgan fingerprint density at radius 1 is 1.48 bits per heavy atom. The largest absolute Gasteiger partial charge is 0.382 e. The van der Waals surface area contributed by atoms with Crippen molar-refractivity contribution in [3.63, 3.8) is 0 Å². The zero-order chi connectivity index (χ0) is 16.5. The van der Waals surface area contributed by atoms with Crippen molar-refractivity contribution >= 4 is 5.91 Å². The molecule has 0 aromatic carbocycles. The Morgan fingerprint density at radius 2 is 2.22 bits per heavy atom. The molecule has 3 heterocycles. The minimum Gasteiger partial charge on any atom is -0.382 e. The second-order valence-corrected chi connectivity index (χ2v) is 7.33. The second kappa shape index (κ2) is 6.20. The molecule has 1 aromatic rings. The summed E-state index contributed by atoms with van der Waals surface area (Å²) in [5, 5.41) is 21.2. The quantitative estimate of drug-likeness (QED) is 0.868. The van der Waals surface area contributed by atoms with Crippen molar-refractivity contribution in [3.05, 3.63) is 11.9 Å². The van der Waals surface area contributed by atoms with E-state index >= 15 is 0 Å². The van der Waals surface area contributed by atoms with E-state index in [9.17, 15) is 9.90 Å². The number of H-pyrrole nitrogens is 1. The molecule has 0 aliphatic carbocycles. The van der Waals surface area contributed by atoms with Gasteiger partial charge in [-0.05, 0) is 31.6 Å². The van der Waals surface area contributed by atoms with Gasteiger partial charge in [-0.2, -0.15) is 15.4 Å². The van der Waals surface area contributed by atoms with Gasteiger partial charge in [-0.3, -0.25) is 4.79 Å². The highest BCUT2D eigenvalue weighted by Crippen LogP contribution is 2.38. The molecule has 0 saturated carbocycles. The van der Waals surface area contributed by atoms with Crippen LogP contribution in [0.15, 0.2) is 6.20 Å². The lowest BCUT2D eigenvalue weighted by Crippen LogP contribution is -2.54. The lowest BCUT2D eigenvalue weighted by Gasteiger charge is -2.44. The van der Waals surface area contributed by atoms with Gasteiger partial charge in [0.25, 0.3) is 0 Å². The van der Waals surface area contributed by atoms with E-state index in [2.05, 4.69) is 15.4 Å². The van der Waals surface area contributed by atoms with Crippen molar-refractivity contribution in [1.29, 1.82) is 0 Å². The van der Waals surface area contributed by atoms with E-state index in [1.54, 1.807) is 4.90 Å². The van der Waals surface area contributed by atoms with Gasteiger partial charge in [-0.15, -0.1) is 0 Å². The number of carbonyl (C=O) groups excluding carboxylic acids is 1. The first-order valence-corrected chi connectivity index (χ1v) is 8.39. The lowest BCUT2D eigenvalue weighted by molar-refractivity contribution is -0.153. The maximum atomic E-state index is 13.1. The standard InChI is InChI=1S/C16H26N4O3/c1-15(2,12-4-8-23-9-5-12)14(21)20-7-3-6-16(22,11-20)13-10-17-19-18-13/h10,12,22H,3-9,11H2,1-2H3,(H,17,18,19). The van der Waals surface area contributed by atoms with E-state index in [0.717, 1.165) is 32.5 Å². The Balaban J connectivity index is 1.74. The number of aliphatic hydroxyl groups is 1. The number of piperidine rings is 1. The highest BCUT2D eigenvalue weighted by molar-refractivity contribution is 5.82. The summed E-state index contributed by atoms with van der Waals surface area (Å²) >= 11 is 0. The maximum absolute atomic E-state index is 13.1. The zero-order valence-electron chi connectivity index (χ0n) is 13.9. The van der Waals surface area contributed by atoms with Crippen LogP contribution in [0.25, 0.3) is 0 Å². The highest BCUT2D eigenvalue weighted by Gasteiger charge is 2.45. The van der Waals surface area contributed by atoms with Gasteiger partial charge >= 0.3 is 0 Å². The van der Waals surface area contributed by atoms with Gasteiger partial charge < -0.3 is 14.7 Å². The SMILES string of the molecule is CC(C)(C(=O)N1CCCC(O)(c2cn[nH]n2)C1)C1CCOCC1. The van der Waals surface area contributed by atoms with E-state index in [-0.39, 0.29) is 12.5 Å². The molecule has 1 amide bonds. The van der Waals surface area contributed by atoms with Gasteiger partial charge in [-0.25, -0.2) is 0 Å². The fourth-order valence-electron chi connectivity index (χ4n) is 3.85. The topological polar surface area (TPSA) is 91.3 Å². The third kappa shape index (κ3) is 3.12. The van der Waals surface area contributed by atoms with Gasteiger partial charge in [0.2, 0.25) is 5.91 Å². The summed E-state index contributed by atoms with van der Waals surface area (Å²) < 4.78 is 5.42. The summed E-state index contributed by atoms with van der Waals surface area (Å²) in [6, 6.07) is 0. The number of ether oxygens (including phenoxy) is 1. The summed E-state index contributed by atoms with van der Waals surface area (Å²) in [5.41, 5.74) is -1.03. The maximum Gasteiger partial charge on any atom is 0.228 e. The summed E-state index contributed by atoms with van der Waals surface area (Å²) in [6.07, 6.45) is 4.73. The number of hydrogen-bond donors (Lipinski definition) is 2. The van der Waals surface area contributed by atoms with Crippen molar-refractivity contribution in [2.75, 3.05) is 26.3 Å². The molecule has 128 valence electrons. The molecule has 1 atom stereocenters. The van der Waals surface area contributed by atoms with Crippen molar-refractivity contribution < 1.29 is 14.6 Å². The van der Waals surface area contributed by atoms with Gasteiger partial charge in [0.1, 0.15) is 11.3 Å². The van der Waals surface area contributed by atoms with E-state index in [0.29, 0.717) is 24.6 Å². The van der Waals surface area contributed by atoms with E-state index in [1.807, 2.05) is 13.8 Å². The molecular formula is C16H26N4O3. The molecule has 0 bridgehead atoms. The number of carbonyl (C=O) groups is 1. The number of nitrogens with one attached hydrogen (secondary N) is 1. The Hall–Kier alpha value is -1.47. The molecule has 7 heteroatoms. The smallest absolute Gasteiger partial charge is 0.228 e. The van der Waals surface area contributed by atoms with Crippen molar-refractivity contribution in [2.45, 2.75) is 45.1 Å². The summed E-state index contributed by atoms with van der Waals surface area (Å²) in [4.78, 5) is 14.9. The lowest BCUT2D eigenvalue weighted by atomic mass is 9.73. The molecule has 23 heavy (non-hydrogen) atoms. The third-order valence-electron chi connectivity index (χ3n) is 5.44. The van der Waals surface area contributed by atoms with Gasteiger partial charge in [0, 0.05) is 25.2 Å². The predicted octanol–water partition coefficient (Wildman–Crippen LogP) is 1.07. The molecule has 7 nitrogen and oxygen atoms in total. The van der Waals surface area contributed by atoms with Crippen LogP contribution in [0.3, 0.4) is 0 Å². The van der Waals surface area contributed by atoms with Crippen LogP contribution in [0.2, 0.25) is 0 Å². The van der Waals surface area contributed by atoms with E-state index < -0.39 is 11.0 Å². The minimum absolute atomic E-state index is 0.117. The van der Waals surface area contributed by atoms with Crippen LogP contribution in [-0.4, -0.2) is 57.6 Å². The molecule has 2 aliphatic rings. The summed E-state index contributed by atoms with van der Waals surface area (Å²) in [5.74, 6) is 0.442. The van der Waals surface area contributed by atoms with Crippen LogP contribution in [0.5, 0.6) is 0 Å². The second-order valence-electron chi connectivity index (χ2n) is 7.33. The number of amides is 1. The summed E-state index contributed by atoms with van der Waals surface area (Å²) in [7, 11) is 0. The van der Waals surface area contributed by atoms with Crippen molar-refractivity contribution in [1.82, 2.24) is 20.3 Å². The first kappa shape index (κ1) is 16.4. The molecule has 3 rings (SSSR count).